The third-order valence-electron chi connectivity index (χ3n) is 3.06. The van der Waals surface area contributed by atoms with Crippen molar-refractivity contribution < 1.29 is 0 Å². The zero-order chi connectivity index (χ0) is 11.0. The van der Waals surface area contributed by atoms with Crippen molar-refractivity contribution in [3.8, 4) is 0 Å². The van der Waals surface area contributed by atoms with Crippen LogP contribution in [0, 0.1) is 0 Å². The third kappa shape index (κ3) is 2.09. The second-order valence-corrected chi connectivity index (χ2v) is 6.05. The first-order chi connectivity index (χ1) is 7.11. The standard InChI is InChI=1S/C11H16BrClN2/c1-7(2)15-11(10(13)6-14-15)8-4-3-5-9(8)12/h6-9H,3-5H2,1-2H3. The summed E-state index contributed by atoms with van der Waals surface area (Å²) in [5, 5.41) is 5.18. The van der Waals surface area contributed by atoms with E-state index in [-0.39, 0.29) is 0 Å². The van der Waals surface area contributed by atoms with Crippen LogP contribution in [0.3, 0.4) is 0 Å². The Bertz CT molecular complexity index is 348. The molecule has 15 heavy (non-hydrogen) atoms. The van der Waals surface area contributed by atoms with E-state index in [1.54, 1.807) is 6.20 Å². The molecule has 1 aliphatic rings. The van der Waals surface area contributed by atoms with Crippen molar-refractivity contribution in [1.82, 2.24) is 9.78 Å². The molecule has 2 rings (SSSR count). The number of rotatable bonds is 2. The molecule has 4 heteroatoms. The van der Waals surface area contributed by atoms with Crippen molar-refractivity contribution >= 4 is 27.5 Å². The second kappa shape index (κ2) is 4.46. The van der Waals surface area contributed by atoms with Gasteiger partial charge in [-0.25, -0.2) is 0 Å². The first-order valence-corrected chi connectivity index (χ1v) is 6.77. The highest BCUT2D eigenvalue weighted by atomic mass is 79.9. The highest BCUT2D eigenvalue weighted by Crippen LogP contribution is 2.42. The summed E-state index contributed by atoms with van der Waals surface area (Å²) in [7, 11) is 0. The monoisotopic (exact) mass is 290 g/mol. The molecule has 0 radical (unpaired) electrons. The molecule has 0 N–H and O–H groups in total. The van der Waals surface area contributed by atoms with Gasteiger partial charge in [-0.15, -0.1) is 0 Å². The van der Waals surface area contributed by atoms with Gasteiger partial charge in [0.05, 0.1) is 16.9 Å². The summed E-state index contributed by atoms with van der Waals surface area (Å²) >= 11 is 9.97. The molecule has 2 nitrogen and oxygen atoms in total. The maximum Gasteiger partial charge on any atom is 0.0821 e. The topological polar surface area (TPSA) is 17.8 Å². The predicted molar refractivity (Wildman–Crippen MR) is 66.9 cm³/mol. The van der Waals surface area contributed by atoms with Gasteiger partial charge in [0.2, 0.25) is 0 Å². The van der Waals surface area contributed by atoms with Gasteiger partial charge < -0.3 is 0 Å². The first-order valence-electron chi connectivity index (χ1n) is 5.48. The van der Waals surface area contributed by atoms with Crippen LogP contribution in [0.15, 0.2) is 6.20 Å². The Morgan fingerprint density at radius 3 is 2.80 bits per heavy atom. The molecule has 1 fully saturated rings. The number of nitrogens with zero attached hydrogens (tertiary/aromatic N) is 2. The Labute approximate surface area is 104 Å². The number of aromatic nitrogens is 2. The Morgan fingerprint density at radius 1 is 1.53 bits per heavy atom. The lowest BCUT2D eigenvalue weighted by Crippen LogP contribution is -2.14. The summed E-state index contributed by atoms with van der Waals surface area (Å²) in [6.07, 6.45) is 5.51. The first kappa shape index (κ1) is 11.5. The zero-order valence-corrected chi connectivity index (χ0v) is 11.4. The van der Waals surface area contributed by atoms with Crippen molar-refractivity contribution in [2.75, 3.05) is 0 Å². The maximum atomic E-state index is 6.23. The molecule has 2 unspecified atom stereocenters. The summed E-state index contributed by atoms with van der Waals surface area (Å²) in [6, 6.07) is 0.382. The SMILES string of the molecule is CC(C)n1ncc(Cl)c1C1CCCC1Br. The van der Waals surface area contributed by atoms with Crippen LogP contribution < -0.4 is 0 Å². The zero-order valence-electron chi connectivity index (χ0n) is 9.08. The number of halogens is 2. The van der Waals surface area contributed by atoms with E-state index in [4.69, 9.17) is 11.6 Å². The Hall–Kier alpha value is -0.0200. The van der Waals surface area contributed by atoms with E-state index in [2.05, 4.69) is 39.6 Å². The van der Waals surface area contributed by atoms with Crippen molar-refractivity contribution in [2.45, 2.75) is 49.9 Å². The fourth-order valence-corrected chi connectivity index (χ4v) is 3.44. The van der Waals surface area contributed by atoms with Gasteiger partial charge in [0.25, 0.3) is 0 Å². The molecule has 1 heterocycles. The van der Waals surface area contributed by atoms with E-state index < -0.39 is 0 Å². The van der Waals surface area contributed by atoms with Crippen molar-refractivity contribution in [1.29, 1.82) is 0 Å². The van der Waals surface area contributed by atoms with Gasteiger partial charge in [-0.05, 0) is 26.7 Å². The van der Waals surface area contributed by atoms with Gasteiger partial charge >= 0.3 is 0 Å². The summed E-state index contributed by atoms with van der Waals surface area (Å²) in [5.74, 6) is 0.530. The van der Waals surface area contributed by atoms with Gasteiger partial charge in [-0.1, -0.05) is 34.0 Å². The molecule has 1 aromatic heterocycles. The van der Waals surface area contributed by atoms with Crippen LogP contribution in [0.25, 0.3) is 0 Å². The molecule has 84 valence electrons. The highest BCUT2D eigenvalue weighted by molar-refractivity contribution is 9.09. The lowest BCUT2D eigenvalue weighted by molar-refractivity contribution is 0.488. The van der Waals surface area contributed by atoms with Gasteiger partial charge in [-0.2, -0.15) is 5.10 Å². The van der Waals surface area contributed by atoms with Crippen molar-refractivity contribution in [2.24, 2.45) is 0 Å². The van der Waals surface area contributed by atoms with Crippen LogP contribution in [0.1, 0.15) is 50.8 Å². The van der Waals surface area contributed by atoms with Crippen LogP contribution in [-0.2, 0) is 0 Å². The molecular weight excluding hydrogens is 275 g/mol. The Kier molecular flexibility index (Phi) is 3.41. The molecule has 1 aliphatic carbocycles. The molecule has 0 bridgehead atoms. The van der Waals surface area contributed by atoms with Gasteiger partial charge in [0.1, 0.15) is 0 Å². The normalized spacial score (nSPS) is 26.5. The second-order valence-electron chi connectivity index (χ2n) is 4.47. The van der Waals surface area contributed by atoms with Gasteiger partial charge in [-0.3, -0.25) is 4.68 Å². The van der Waals surface area contributed by atoms with E-state index in [1.807, 2.05) is 0 Å². The third-order valence-corrected chi connectivity index (χ3v) is 4.45. The summed E-state index contributed by atoms with van der Waals surface area (Å²) in [5.41, 5.74) is 1.21. The average molecular weight is 292 g/mol. The predicted octanol–water partition coefficient (Wildman–Crippen LogP) is 4.15. The van der Waals surface area contributed by atoms with Crippen molar-refractivity contribution in [3.05, 3.63) is 16.9 Å². The van der Waals surface area contributed by atoms with Crippen LogP contribution >= 0.6 is 27.5 Å². The van der Waals surface area contributed by atoms with Crippen LogP contribution in [-0.4, -0.2) is 14.6 Å². The lowest BCUT2D eigenvalue weighted by atomic mass is 10.0. The Morgan fingerprint density at radius 2 is 2.27 bits per heavy atom. The van der Waals surface area contributed by atoms with E-state index in [9.17, 15) is 0 Å². The summed E-state index contributed by atoms with van der Waals surface area (Å²) in [6.45, 7) is 4.29. The minimum atomic E-state index is 0.382. The van der Waals surface area contributed by atoms with Gasteiger partial charge in [0, 0.05) is 16.8 Å². The number of hydrogen-bond donors (Lipinski definition) is 0. The van der Waals surface area contributed by atoms with E-state index in [1.165, 1.54) is 25.0 Å². The van der Waals surface area contributed by atoms with Crippen LogP contribution in [0.5, 0.6) is 0 Å². The molecular formula is C11H16BrClN2. The fraction of sp³-hybridized carbons (Fsp3) is 0.727. The minimum Gasteiger partial charge on any atom is -0.265 e. The van der Waals surface area contributed by atoms with E-state index in [0.717, 1.165) is 5.02 Å². The lowest BCUT2D eigenvalue weighted by Gasteiger charge is -2.19. The Balaban J connectivity index is 2.37. The fourth-order valence-electron chi connectivity index (χ4n) is 2.33. The molecule has 0 spiro atoms. The highest BCUT2D eigenvalue weighted by Gasteiger charge is 2.31. The molecule has 2 atom stereocenters. The maximum absolute atomic E-state index is 6.23. The summed E-state index contributed by atoms with van der Waals surface area (Å²) in [4.78, 5) is 0.559. The summed E-state index contributed by atoms with van der Waals surface area (Å²) < 4.78 is 2.06. The average Bonchev–Trinajstić information content (AvgIpc) is 2.71. The van der Waals surface area contributed by atoms with E-state index in [0.29, 0.717) is 16.8 Å². The van der Waals surface area contributed by atoms with Crippen molar-refractivity contribution in [3.63, 3.8) is 0 Å². The van der Waals surface area contributed by atoms with Crippen LogP contribution in [0.2, 0.25) is 5.02 Å². The molecule has 0 saturated heterocycles. The smallest absolute Gasteiger partial charge is 0.0821 e. The van der Waals surface area contributed by atoms with E-state index >= 15 is 0 Å². The molecule has 1 aromatic rings. The quantitative estimate of drug-likeness (QED) is 0.749. The minimum absolute atomic E-state index is 0.382. The molecule has 0 amide bonds. The number of alkyl halides is 1. The largest absolute Gasteiger partial charge is 0.265 e. The molecule has 0 aliphatic heterocycles. The van der Waals surface area contributed by atoms with Crippen LogP contribution in [0.4, 0.5) is 0 Å². The molecule has 0 aromatic carbocycles. The van der Waals surface area contributed by atoms with Gasteiger partial charge in [0.15, 0.2) is 0 Å². The molecule has 1 saturated carbocycles. The number of hydrogen-bond acceptors (Lipinski definition) is 1.